The number of carbonyl (C=O) groups excluding carboxylic acids is 2. The SMILES string of the molecule is CCNC(=O)Nc1nc2cc(Br)cc(I)c2s1.CCNC(=O)Nc1nc2cc(I)cc(Br)c2s1. The van der Waals surface area contributed by atoms with Crippen LogP contribution in [0, 0.1) is 7.14 Å². The van der Waals surface area contributed by atoms with Gasteiger partial charge in [0.25, 0.3) is 0 Å². The number of nitrogens with zero attached hydrogens (tertiary/aromatic N) is 2. The zero-order valence-electron chi connectivity index (χ0n) is 17.8. The highest BCUT2D eigenvalue weighted by atomic mass is 127. The Morgan fingerprint density at radius 1 is 0.853 bits per heavy atom. The normalized spacial score (nSPS) is 10.5. The van der Waals surface area contributed by atoms with Crippen molar-refractivity contribution in [2.24, 2.45) is 0 Å². The van der Waals surface area contributed by atoms with Gasteiger partial charge in [-0.15, -0.1) is 0 Å². The number of aromatic nitrogens is 2. The van der Waals surface area contributed by atoms with Crippen LogP contribution in [-0.4, -0.2) is 35.1 Å². The van der Waals surface area contributed by atoms with E-state index in [4.69, 9.17) is 0 Å². The van der Waals surface area contributed by atoms with Crippen LogP contribution in [0.25, 0.3) is 20.4 Å². The van der Waals surface area contributed by atoms with E-state index in [1.807, 2.05) is 38.1 Å². The molecule has 0 bridgehead atoms. The molecule has 8 nitrogen and oxygen atoms in total. The Labute approximate surface area is 248 Å². The lowest BCUT2D eigenvalue weighted by atomic mass is 10.3. The van der Waals surface area contributed by atoms with Gasteiger partial charge in [-0.25, -0.2) is 19.6 Å². The summed E-state index contributed by atoms with van der Waals surface area (Å²) in [7, 11) is 0. The summed E-state index contributed by atoms with van der Waals surface area (Å²) in [4.78, 5) is 31.5. The highest BCUT2D eigenvalue weighted by Gasteiger charge is 2.11. The van der Waals surface area contributed by atoms with E-state index in [2.05, 4.69) is 108 Å². The predicted molar refractivity (Wildman–Crippen MR) is 165 cm³/mol. The third-order valence-electron chi connectivity index (χ3n) is 3.93. The fourth-order valence-electron chi connectivity index (χ4n) is 2.63. The molecule has 34 heavy (non-hydrogen) atoms. The number of urea groups is 2. The van der Waals surface area contributed by atoms with Crippen molar-refractivity contribution in [3.05, 3.63) is 40.4 Å². The minimum absolute atomic E-state index is 0.222. The molecule has 0 fully saturated rings. The van der Waals surface area contributed by atoms with E-state index in [0.717, 1.165) is 36.5 Å². The summed E-state index contributed by atoms with van der Waals surface area (Å²) < 4.78 is 6.34. The number of halogens is 4. The first kappa shape index (κ1) is 27.8. The number of benzene rings is 2. The molecule has 2 heterocycles. The summed E-state index contributed by atoms with van der Waals surface area (Å²) >= 11 is 14.3. The Morgan fingerprint density at radius 3 is 1.94 bits per heavy atom. The fraction of sp³-hybridized carbons (Fsp3) is 0.200. The summed E-state index contributed by atoms with van der Waals surface area (Å²) in [5, 5.41) is 12.0. The molecule has 0 atom stereocenters. The lowest BCUT2D eigenvalue weighted by molar-refractivity contribution is 0.251. The Bertz CT molecular complexity index is 1250. The largest absolute Gasteiger partial charge is 0.338 e. The van der Waals surface area contributed by atoms with Crippen LogP contribution in [0.5, 0.6) is 0 Å². The highest BCUT2D eigenvalue weighted by Crippen LogP contribution is 2.34. The van der Waals surface area contributed by atoms with Gasteiger partial charge in [-0.05, 0) is 99.2 Å². The van der Waals surface area contributed by atoms with Gasteiger partial charge in [-0.1, -0.05) is 38.6 Å². The quantitative estimate of drug-likeness (QED) is 0.159. The topological polar surface area (TPSA) is 108 Å². The number of carbonyl (C=O) groups is 2. The van der Waals surface area contributed by atoms with Crippen molar-refractivity contribution in [1.29, 1.82) is 0 Å². The van der Waals surface area contributed by atoms with Crippen LogP contribution in [0.1, 0.15) is 13.8 Å². The Kier molecular flexibility index (Phi) is 10.6. The highest BCUT2D eigenvalue weighted by molar-refractivity contribution is 14.1. The van der Waals surface area contributed by atoms with Gasteiger partial charge in [-0.3, -0.25) is 10.6 Å². The molecular formula is C20H18Br2I2N6O2S2. The average Bonchev–Trinajstić information content (AvgIpc) is 3.32. The van der Waals surface area contributed by atoms with E-state index < -0.39 is 0 Å². The zero-order valence-corrected chi connectivity index (χ0v) is 26.9. The summed E-state index contributed by atoms with van der Waals surface area (Å²) in [6, 6.07) is 7.53. The lowest BCUT2D eigenvalue weighted by Crippen LogP contribution is -2.28. The number of rotatable bonds is 4. The second kappa shape index (κ2) is 12.9. The molecule has 180 valence electrons. The van der Waals surface area contributed by atoms with Crippen LogP contribution < -0.4 is 21.3 Å². The predicted octanol–water partition coefficient (Wildman–Crippen LogP) is 7.61. The molecule has 4 N–H and O–H groups in total. The molecule has 0 saturated carbocycles. The Morgan fingerprint density at radius 2 is 1.38 bits per heavy atom. The van der Waals surface area contributed by atoms with Crippen molar-refractivity contribution in [2.45, 2.75) is 13.8 Å². The molecule has 4 rings (SSSR count). The van der Waals surface area contributed by atoms with Gasteiger partial charge in [0.2, 0.25) is 0 Å². The summed E-state index contributed by atoms with van der Waals surface area (Å²) in [6.07, 6.45) is 0. The van der Waals surface area contributed by atoms with Gasteiger partial charge in [0.15, 0.2) is 10.3 Å². The molecule has 0 unspecified atom stereocenters. The van der Waals surface area contributed by atoms with Crippen molar-refractivity contribution < 1.29 is 9.59 Å². The number of hydrogen-bond donors (Lipinski definition) is 4. The molecule has 4 amide bonds. The maximum Gasteiger partial charge on any atom is 0.321 e. The molecule has 2 aromatic heterocycles. The Balaban J connectivity index is 0.000000191. The van der Waals surface area contributed by atoms with Gasteiger partial charge in [0.1, 0.15) is 0 Å². The van der Waals surface area contributed by atoms with Gasteiger partial charge in [0, 0.05) is 29.2 Å². The molecule has 0 aliphatic rings. The smallest absolute Gasteiger partial charge is 0.321 e. The van der Waals surface area contributed by atoms with Crippen LogP contribution in [-0.2, 0) is 0 Å². The van der Waals surface area contributed by atoms with Crippen LogP contribution in [0.4, 0.5) is 19.9 Å². The second-order valence-corrected chi connectivity index (χ2v) is 12.7. The summed E-state index contributed by atoms with van der Waals surface area (Å²) in [5.74, 6) is 0. The van der Waals surface area contributed by atoms with Crippen molar-refractivity contribution >= 4 is 142 Å². The molecule has 0 aliphatic carbocycles. The molecule has 0 saturated heterocycles. The van der Waals surface area contributed by atoms with Crippen molar-refractivity contribution in [2.75, 3.05) is 23.7 Å². The van der Waals surface area contributed by atoms with Gasteiger partial charge in [0.05, 0.1) is 20.4 Å². The van der Waals surface area contributed by atoms with Gasteiger partial charge < -0.3 is 10.6 Å². The first-order valence-electron chi connectivity index (χ1n) is 9.81. The van der Waals surface area contributed by atoms with E-state index in [9.17, 15) is 9.59 Å². The average molecular weight is 852 g/mol. The number of amides is 4. The molecule has 2 aromatic carbocycles. The van der Waals surface area contributed by atoms with Crippen molar-refractivity contribution in [3.63, 3.8) is 0 Å². The number of fused-ring (bicyclic) bond motifs is 2. The zero-order chi connectivity index (χ0) is 24.8. The third kappa shape index (κ3) is 7.59. The monoisotopic (exact) mass is 850 g/mol. The van der Waals surface area contributed by atoms with E-state index >= 15 is 0 Å². The van der Waals surface area contributed by atoms with Crippen molar-refractivity contribution in [3.8, 4) is 0 Å². The molecular weight excluding hydrogens is 834 g/mol. The number of hydrogen-bond acceptors (Lipinski definition) is 6. The molecule has 0 aliphatic heterocycles. The number of thiazole rings is 2. The minimum atomic E-state index is -0.225. The van der Waals surface area contributed by atoms with Crippen LogP contribution in [0.3, 0.4) is 0 Å². The summed E-state index contributed by atoms with van der Waals surface area (Å²) in [6.45, 7) is 4.94. The minimum Gasteiger partial charge on any atom is -0.338 e. The summed E-state index contributed by atoms with van der Waals surface area (Å²) in [5.41, 5.74) is 1.78. The maximum absolute atomic E-state index is 11.4. The molecule has 14 heteroatoms. The Hall–Kier alpha value is -0.820. The first-order valence-corrected chi connectivity index (χ1v) is 15.2. The lowest BCUT2D eigenvalue weighted by Gasteiger charge is -2.00. The third-order valence-corrected chi connectivity index (χ3v) is 9.16. The van der Waals surface area contributed by atoms with Crippen LogP contribution in [0.15, 0.2) is 33.2 Å². The second-order valence-electron chi connectivity index (χ2n) is 6.48. The maximum atomic E-state index is 11.4. The van der Waals surface area contributed by atoms with E-state index in [0.29, 0.717) is 23.4 Å². The van der Waals surface area contributed by atoms with Crippen LogP contribution >= 0.6 is 99.7 Å². The standard InChI is InChI=1S/2C10H9BrIN3OS/c1-2-13-9(16)15-10-14-7-4-5(12)3-6(11)8(7)17-10;1-2-13-9(16)15-10-14-7-4-5(11)3-6(12)8(7)17-10/h2*3-4H,2H2,1H3,(H2,13,14,15,16). The van der Waals surface area contributed by atoms with Crippen molar-refractivity contribution in [1.82, 2.24) is 20.6 Å². The molecule has 0 radical (unpaired) electrons. The molecule has 0 spiro atoms. The fourth-order valence-corrected chi connectivity index (χ4v) is 7.87. The number of anilines is 2. The van der Waals surface area contributed by atoms with E-state index in [1.54, 1.807) is 0 Å². The first-order chi connectivity index (χ1) is 16.2. The van der Waals surface area contributed by atoms with Crippen LogP contribution in [0.2, 0.25) is 0 Å². The molecule has 4 aromatic rings. The number of nitrogens with one attached hydrogen (secondary N) is 4. The van der Waals surface area contributed by atoms with Gasteiger partial charge in [-0.2, -0.15) is 0 Å². The van der Waals surface area contributed by atoms with E-state index in [-0.39, 0.29) is 12.1 Å². The van der Waals surface area contributed by atoms with Gasteiger partial charge >= 0.3 is 12.1 Å². The van der Waals surface area contributed by atoms with E-state index in [1.165, 1.54) is 22.7 Å².